The summed E-state index contributed by atoms with van der Waals surface area (Å²) in [7, 11) is 0. The van der Waals surface area contributed by atoms with Gasteiger partial charge in [-0.25, -0.2) is 0 Å². The number of rotatable bonds is 0. The van der Waals surface area contributed by atoms with Crippen LogP contribution in [0.5, 0.6) is 0 Å². The van der Waals surface area contributed by atoms with Gasteiger partial charge < -0.3 is 2.85 Å². The SMILES string of the molecule is C.[BiH3].[H-].[H-].[K+].[K+]. The van der Waals surface area contributed by atoms with Gasteiger partial charge >= 0.3 is 129 Å². The molecule has 0 amide bonds. The predicted octanol–water partition coefficient (Wildman–Crippen LogP) is -6.31. The second kappa shape index (κ2) is 15.7. The molecule has 0 aromatic heterocycles. The second-order valence-electron chi connectivity index (χ2n) is 0. The average Bonchev–Trinajstić information content (AvgIpc) is 0. The van der Waals surface area contributed by atoms with Gasteiger partial charge in [0.2, 0.25) is 0 Å². The van der Waals surface area contributed by atoms with E-state index in [1.165, 1.54) is 0 Å². The summed E-state index contributed by atoms with van der Waals surface area (Å²) in [5.41, 5.74) is 0. The molecule has 0 saturated carbocycles. The van der Waals surface area contributed by atoms with Gasteiger partial charge in [-0.1, -0.05) is 7.43 Å². The molecule has 0 aliphatic heterocycles. The maximum atomic E-state index is 0. The molecule has 0 rings (SSSR count). The molecule has 0 aromatic rings. The Morgan fingerprint density at radius 1 is 1.00 bits per heavy atom. The standard InChI is InChI=1S/CH4.Bi.2K.5H/h1H4;;;;;;;;/q;;2*+1;;;;2*-1. The van der Waals surface area contributed by atoms with Gasteiger partial charge in [-0.2, -0.15) is 0 Å². The van der Waals surface area contributed by atoms with Crippen LogP contribution in [0.3, 0.4) is 0 Å². The third-order valence-electron chi connectivity index (χ3n) is 0. The van der Waals surface area contributed by atoms with Gasteiger partial charge in [0.15, 0.2) is 0 Å². The first kappa shape index (κ1) is 24.2. The molecule has 0 atom stereocenters. The van der Waals surface area contributed by atoms with E-state index >= 15 is 0 Å². The van der Waals surface area contributed by atoms with Gasteiger partial charge in [-0.15, -0.1) is 0 Å². The zero-order valence-electron chi connectivity index (χ0n) is 4.71. The number of hydrogen-bond donors (Lipinski definition) is 0. The molecule has 20 valence electrons. The van der Waals surface area contributed by atoms with E-state index in [4.69, 9.17) is 0 Å². The minimum absolute atomic E-state index is 0. The first-order valence-corrected chi connectivity index (χ1v) is 0. The third-order valence-corrected chi connectivity index (χ3v) is 0. The van der Waals surface area contributed by atoms with Crippen molar-refractivity contribution < 1.29 is 106 Å². The Balaban J connectivity index is 0. The summed E-state index contributed by atoms with van der Waals surface area (Å²) >= 11 is 0. The molecule has 0 fully saturated rings. The Labute approximate surface area is 135 Å². The molecule has 0 spiro atoms. The Morgan fingerprint density at radius 2 is 1.00 bits per heavy atom. The van der Waals surface area contributed by atoms with Gasteiger partial charge in [0, 0.05) is 0 Å². The fraction of sp³-hybridized carbons (Fsp3) is 1.00. The van der Waals surface area contributed by atoms with Crippen LogP contribution in [0.25, 0.3) is 0 Å². The van der Waals surface area contributed by atoms with Crippen molar-refractivity contribution >= 4 is 26.2 Å². The normalized spacial score (nSPS) is 0. The number of hydrogen-bond acceptors (Lipinski definition) is 0. The van der Waals surface area contributed by atoms with Crippen molar-refractivity contribution in [1.82, 2.24) is 0 Å². The van der Waals surface area contributed by atoms with Crippen LogP contribution >= 0.6 is 0 Å². The van der Waals surface area contributed by atoms with E-state index in [1.807, 2.05) is 0 Å². The van der Waals surface area contributed by atoms with Gasteiger partial charge in [-0.3, -0.25) is 0 Å². The van der Waals surface area contributed by atoms with Crippen LogP contribution in [0.4, 0.5) is 0 Å². The van der Waals surface area contributed by atoms with Crippen molar-refractivity contribution in [3.63, 3.8) is 0 Å². The first-order chi connectivity index (χ1) is 0. The molecular formula is CH9BiK2. The van der Waals surface area contributed by atoms with Crippen molar-refractivity contribution in [3.8, 4) is 0 Å². The van der Waals surface area contributed by atoms with Gasteiger partial charge in [0.25, 0.3) is 0 Å². The first-order valence-electron chi connectivity index (χ1n) is 0. The van der Waals surface area contributed by atoms with Crippen LogP contribution < -0.4 is 103 Å². The van der Waals surface area contributed by atoms with Gasteiger partial charge in [0.05, 0.1) is 0 Å². The molecule has 4 heavy (non-hydrogen) atoms. The van der Waals surface area contributed by atoms with Crippen molar-refractivity contribution in [1.29, 1.82) is 0 Å². The molecule has 0 nitrogen and oxygen atoms in total. The molecule has 3 heteroatoms. The summed E-state index contributed by atoms with van der Waals surface area (Å²) in [6.45, 7) is 0. The fourth-order valence-corrected chi connectivity index (χ4v) is 0. The van der Waals surface area contributed by atoms with E-state index in [9.17, 15) is 0 Å². The topological polar surface area (TPSA) is 0 Å². The molecule has 0 aliphatic carbocycles. The Bertz CT molecular complexity index is 11.5. The predicted molar refractivity (Wildman–Crippen MR) is 18.9 cm³/mol. The Kier molecular flexibility index (Phi) is 94.9. The van der Waals surface area contributed by atoms with Crippen molar-refractivity contribution in [2.24, 2.45) is 0 Å². The third kappa shape index (κ3) is 9.47. The monoisotopic (exact) mass is 308 g/mol. The van der Waals surface area contributed by atoms with E-state index in [0.717, 1.165) is 0 Å². The summed E-state index contributed by atoms with van der Waals surface area (Å²) in [6.07, 6.45) is 0. The molecule has 0 aromatic carbocycles. The molecule has 0 radical (unpaired) electrons. The minimum Gasteiger partial charge on any atom is -1.00 e. The molecule has 0 unspecified atom stereocenters. The fourth-order valence-electron chi connectivity index (χ4n) is 0. The molecule has 0 aliphatic rings. The summed E-state index contributed by atoms with van der Waals surface area (Å²) in [5, 5.41) is 0. The van der Waals surface area contributed by atoms with Crippen LogP contribution in [0.15, 0.2) is 0 Å². The smallest absolute Gasteiger partial charge is 1.00 e. The van der Waals surface area contributed by atoms with Crippen molar-refractivity contribution in [2.75, 3.05) is 0 Å². The maximum absolute atomic E-state index is 0. The Hall–Kier alpha value is 4.16. The Morgan fingerprint density at radius 3 is 1.00 bits per heavy atom. The van der Waals surface area contributed by atoms with E-state index in [0.29, 0.717) is 0 Å². The molecule has 0 heterocycles. The van der Waals surface area contributed by atoms with E-state index < -0.39 is 0 Å². The van der Waals surface area contributed by atoms with Crippen molar-refractivity contribution in [2.45, 2.75) is 7.43 Å². The van der Waals surface area contributed by atoms with Crippen LogP contribution in [0.2, 0.25) is 0 Å². The maximum Gasteiger partial charge on any atom is 1.00 e. The van der Waals surface area contributed by atoms with E-state index in [1.54, 1.807) is 0 Å². The van der Waals surface area contributed by atoms with E-state index in [2.05, 4.69) is 0 Å². The van der Waals surface area contributed by atoms with Crippen LogP contribution in [0, 0.1) is 0 Å². The molecular weight excluding hydrogens is 299 g/mol. The van der Waals surface area contributed by atoms with Crippen LogP contribution in [0.1, 0.15) is 10.3 Å². The zero-order chi connectivity index (χ0) is 0. The summed E-state index contributed by atoms with van der Waals surface area (Å²) < 4.78 is 0. The summed E-state index contributed by atoms with van der Waals surface area (Å²) in [4.78, 5) is 0. The molecule has 0 saturated heterocycles. The largest absolute Gasteiger partial charge is 1.00 e. The van der Waals surface area contributed by atoms with Crippen molar-refractivity contribution in [3.05, 3.63) is 0 Å². The van der Waals surface area contributed by atoms with Crippen LogP contribution in [-0.4, -0.2) is 26.2 Å². The quantitative estimate of drug-likeness (QED) is 0.391. The van der Waals surface area contributed by atoms with Gasteiger partial charge in [0.1, 0.15) is 0 Å². The second-order valence-corrected chi connectivity index (χ2v) is 0. The average molecular weight is 308 g/mol. The summed E-state index contributed by atoms with van der Waals surface area (Å²) in [5.74, 6) is 0. The zero-order valence-corrected chi connectivity index (χ0v) is 14.5. The van der Waals surface area contributed by atoms with Crippen LogP contribution in [-0.2, 0) is 0 Å². The molecule has 0 N–H and O–H groups in total. The van der Waals surface area contributed by atoms with E-state index in [-0.39, 0.29) is 139 Å². The molecule has 0 bridgehead atoms. The van der Waals surface area contributed by atoms with Gasteiger partial charge in [-0.05, 0) is 0 Å². The minimum atomic E-state index is 0. The summed E-state index contributed by atoms with van der Waals surface area (Å²) in [6, 6.07) is 0.